The predicted molar refractivity (Wildman–Crippen MR) is 104 cm³/mol. The van der Waals surface area contributed by atoms with Crippen molar-refractivity contribution in [1.82, 2.24) is 9.78 Å². The molecule has 0 bridgehead atoms. The van der Waals surface area contributed by atoms with Crippen LogP contribution in [0.2, 0.25) is 0 Å². The van der Waals surface area contributed by atoms with Crippen molar-refractivity contribution in [3.05, 3.63) is 64.2 Å². The van der Waals surface area contributed by atoms with Crippen LogP contribution in [0, 0.1) is 10.1 Å². The van der Waals surface area contributed by atoms with E-state index in [9.17, 15) is 10.1 Å². The number of fused-ring (bicyclic) bond motifs is 1. The number of nitro groups is 1. The van der Waals surface area contributed by atoms with Gasteiger partial charge in [0.15, 0.2) is 0 Å². The molecule has 7 nitrogen and oxygen atoms in total. The van der Waals surface area contributed by atoms with E-state index >= 15 is 0 Å². The minimum absolute atomic E-state index is 0.0647. The topological polar surface area (TPSA) is 82.2 Å². The molecule has 1 aromatic heterocycles. The Kier molecular flexibility index (Phi) is 4.50. The quantitative estimate of drug-likeness (QED) is 0.554. The van der Waals surface area contributed by atoms with Gasteiger partial charge in [0, 0.05) is 29.8 Å². The van der Waals surface area contributed by atoms with Gasteiger partial charge < -0.3 is 10.1 Å². The van der Waals surface area contributed by atoms with Gasteiger partial charge in [-0.1, -0.05) is 12.1 Å². The van der Waals surface area contributed by atoms with E-state index in [0.29, 0.717) is 0 Å². The van der Waals surface area contributed by atoms with Gasteiger partial charge in [-0.05, 0) is 43.5 Å². The van der Waals surface area contributed by atoms with Gasteiger partial charge in [-0.3, -0.25) is 10.1 Å². The van der Waals surface area contributed by atoms with Gasteiger partial charge in [-0.2, -0.15) is 5.10 Å². The maximum absolute atomic E-state index is 10.9. The lowest BCUT2D eigenvalue weighted by Gasteiger charge is -2.09. The first kappa shape index (κ1) is 17.1. The highest BCUT2D eigenvalue weighted by Gasteiger charge is 2.23. The van der Waals surface area contributed by atoms with Crippen molar-refractivity contribution in [2.45, 2.75) is 19.3 Å². The van der Waals surface area contributed by atoms with Crippen LogP contribution in [0.1, 0.15) is 18.4 Å². The summed E-state index contributed by atoms with van der Waals surface area (Å²) in [6.45, 7) is 0.872. The Labute approximate surface area is 156 Å². The van der Waals surface area contributed by atoms with Gasteiger partial charge in [0.25, 0.3) is 5.69 Å². The predicted octanol–water partition coefficient (Wildman–Crippen LogP) is 4.20. The second kappa shape index (κ2) is 7.11. The average Bonchev–Trinajstić information content (AvgIpc) is 2.88. The normalized spacial score (nSPS) is 13.4. The van der Waals surface area contributed by atoms with E-state index in [1.807, 2.05) is 28.9 Å². The zero-order valence-corrected chi connectivity index (χ0v) is 15.0. The molecule has 1 aliphatic rings. The molecular weight excluding hydrogens is 344 g/mol. The van der Waals surface area contributed by atoms with Crippen LogP contribution in [-0.4, -0.2) is 28.4 Å². The number of methoxy groups -OCH3 is 1. The van der Waals surface area contributed by atoms with Crippen molar-refractivity contribution >= 4 is 11.5 Å². The lowest BCUT2D eigenvalue weighted by molar-refractivity contribution is -0.384. The van der Waals surface area contributed by atoms with Gasteiger partial charge in [0.05, 0.1) is 17.7 Å². The molecule has 0 amide bonds. The van der Waals surface area contributed by atoms with Crippen molar-refractivity contribution in [3.8, 4) is 22.7 Å². The summed E-state index contributed by atoms with van der Waals surface area (Å²) in [4.78, 5) is 10.5. The van der Waals surface area contributed by atoms with Crippen molar-refractivity contribution in [2.75, 3.05) is 19.0 Å². The van der Waals surface area contributed by atoms with E-state index in [4.69, 9.17) is 9.84 Å². The molecule has 7 heteroatoms. The Bertz CT molecular complexity index is 979. The van der Waals surface area contributed by atoms with Gasteiger partial charge in [0.1, 0.15) is 17.3 Å². The molecule has 0 unspecified atom stereocenters. The van der Waals surface area contributed by atoms with Crippen LogP contribution in [-0.2, 0) is 6.42 Å². The fourth-order valence-electron chi connectivity index (χ4n) is 3.46. The summed E-state index contributed by atoms with van der Waals surface area (Å²) in [7, 11) is 1.66. The number of nitrogens with zero attached hydrogens (tertiary/aromatic N) is 3. The molecule has 138 valence electrons. The van der Waals surface area contributed by atoms with Gasteiger partial charge >= 0.3 is 0 Å². The van der Waals surface area contributed by atoms with Gasteiger partial charge in [-0.25, -0.2) is 4.68 Å². The molecule has 0 saturated carbocycles. The number of anilines is 1. The van der Waals surface area contributed by atoms with E-state index in [2.05, 4.69) is 5.32 Å². The Morgan fingerprint density at radius 3 is 2.67 bits per heavy atom. The van der Waals surface area contributed by atoms with E-state index < -0.39 is 4.92 Å². The van der Waals surface area contributed by atoms with Crippen LogP contribution in [0.4, 0.5) is 11.5 Å². The average molecular weight is 364 g/mol. The number of benzene rings is 2. The second-order valence-corrected chi connectivity index (χ2v) is 6.45. The Hall–Kier alpha value is -3.35. The van der Waals surface area contributed by atoms with E-state index in [1.165, 1.54) is 12.1 Å². The zero-order valence-electron chi connectivity index (χ0n) is 15.0. The summed E-state index contributed by atoms with van der Waals surface area (Å²) < 4.78 is 7.37. The SMILES string of the molecule is COc1ccccc1-c1nn(-c2ccc([N+](=O)[O-])cc2)c2c1CCCCN2. The third-order valence-electron chi connectivity index (χ3n) is 4.80. The molecule has 27 heavy (non-hydrogen) atoms. The first-order valence-corrected chi connectivity index (χ1v) is 8.93. The number of aromatic nitrogens is 2. The van der Waals surface area contributed by atoms with Gasteiger partial charge in [-0.15, -0.1) is 0 Å². The largest absolute Gasteiger partial charge is 0.496 e. The summed E-state index contributed by atoms with van der Waals surface area (Å²) in [5, 5.41) is 19.3. The zero-order chi connectivity index (χ0) is 18.8. The lowest BCUT2D eigenvalue weighted by atomic mass is 10.0. The first-order chi connectivity index (χ1) is 13.2. The number of ether oxygens (including phenoxy) is 1. The highest BCUT2D eigenvalue weighted by molar-refractivity contribution is 5.75. The summed E-state index contributed by atoms with van der Waals surface area (Å²) in [6.07, 6.45) is 3.08. The molecule has 0 spiro atoms. The Balaban J connectivity index is 1.88. The molecule has 4 rings (SSSR count). The summed E-state index contributed by atoms with van der Waals surface area (Å²) in [5.41, 5.74) is 3.83. The first-order valence-electron chi connectivity index (χ1n) is 8.93. The van der Waals surface area contributed by atoms with Crippen LogP contribution >= 0.6 is 0 Å². The number of para-hydroxylation sites is 1. The molecule has 1 N–H and O–H groups in total. The molecule has 0 aliphatic carbocycles. The smallest absolute Gasteiger partial charge is 0.269 e. The fraction of sp³-hybridized carbons (Fsp3) is 0.250. The fourth-order valence-corrected chi connectivity index (χ4v) is 3.46. The standard InChI is InChI=1S/C20H20N4O3/c1-27-18-8-3-2-6-16(18)19-17-7-4-5-13-21-20(17)23(22-19)14-9-11-15(12-10-14)24(25)26/h2-3,6,8-12,21H,4-5,7,13H2,1H3. The van der Waals surface area contributed by atoms with Crippen molar-refractivity contribution in [2.24, 2.45) is 0 Å². The Morgan fingerprint density at radius 1 is 1.15 bits per heavy atom. The van der Waals surface area contributed by atoms with Crippen LogP contribution in [0.15, 0.2) is 48.5 Å². The molecule has 1 aliphatic heterocycles. The van der Waals surface area contributed by atoms with Gasteiger partial charge in [0.2, 0.25) is 0 Å². The van der Waals surface area contributed by atoms with E-state index in [0.717, 1.165) is 59.9 Å². The molecule has 3 aromatic rings. The van der Waals surface area contributed by atoms with Crippen molar-refractivity contribution < 1.29 is 9.66 Å². The lowest BCUT2D eigenvalue weighted by Crippen LogP contribution is -2.07. The maximum atomic E-state index is 10.9. The number of non-ortho nitro benzene ring substituents is 1. The second-order valence-electron chi connectivity index (χ2n) is 6.45. The molecular formula is C20H20N4O3. The molecule has 2 aromatic carbocycles. The minimum Gasteiger partial charge on any atom is -0.496 e. The summed E-state index contributed by atoms with van der Waals surface area (Å²) >= 11 is 0. The molecule has 0 saturated heterocycles. The number of hydrogen-bond donors (Lipinski definition) is 1. The van der Waals surface area contributed by atoms with Crippen LogP contribution in [0.25, 0.3) is 16.9 Å². The molecule has 0 atom stereocenters. The molecule has 0 fully saturated rings. The number of nitro benzene ring substituents is 1. The Morgan fingerprint density at radius 2 is 1.93 bits per heavy atom. The monoisotopic (exact) mass is 364 g/mol. The number of hydrogen-bond acceptors (Lipinski definition) is 5. The summed E-state index contributed by atoms with van der Waals surface area (Å²) in [5.74, 6) is 1.72. The van der Waals surface area contributed by atoms with Crippen LogP contribution in [0.5, 0.6) is 5.75 Å². The van der Waals surface area contributed by atoms with Crippen LogP contribution in [0.3, 0.4) is 0 Å². The van der Waals surface area contributed by atoms with Crippen molar-refractivity contribution in [1.29, 1.82) is 0 Å². The van der Waals surface area contributed by atoms with E-state index in [1.54, 1.807) is 19.2 Å². The third-order valence-corrected chi connectivity index (χ3v) is 4.80. The number of nitrogens with one attached hydrogen (secondary N) is 1. The highest BCUT2D eigenvalue weighted by Crippen LogP contribution is 2.37. The van der Waals surface area contributed by atoms with E-state index in [-0.39, 0.29) is 5.69 Å². The highest BCUT2D eigenvalue weighted by atomic mass is 16.6. The molecule has 0 radical (unpaired) electrons. The van der Waals surface area contributed by atoms with Crippen LogP contribution < -0.4 is 10.1 Å². The summed E-state index contributed by atoms with van der Waals surface area (Å²) in [6, 6.07) is 14.3. The van der Waals surface area contributed by atoms with Crippen molar-refractivity contribution in [3.63, 3.8) is 0 Å². The maximum Gasteiger partial charge on any atom is 0.269 e. The molecule has 2 heterocycles. The third kappa shape index (κ3) is 3.12. The minimum atomic E-state index is -0.397. The number of rotatable bonds is 4.